The van der Waals surface area contributed by atoms with Crippen molar-refractivity contribution >= 4 is 7.12 Å². The Labute approximate surface area is 82.1 Å². The van der Waals surface area contributed by atoms with E-state index in [-0.39, 0.29) is 7.12 Å². The molecule has 2 nitrogen and oxygen atoms in total. The molecular formula is C10H21BO2. The standard InChI is InChI=1S/C10H21BO2/c1-4-6-8-10-9(7-5-2)12-11(3)13-10/h9-10H,4-8H2,1-3H3. The van der Waals surface area contributed by atoms with Crippen LogP contribution in [0.4, 0.5) is 0 Å². The van der Waals surface area contributed by atoms with Crippen LogP contribution in [0.15, 0.2) is 0 Å². The van der Waals surface area contributed by atoms with E-state index in [1.165, 1.54) is 19.3 Å². The Morgan fingerprint density at radius 3 is 2.15 bits per heavy atom. The lowest BCUT2D eigenvalue weighted by Crippen LogP contribution is -2.22. The second-order valence-corrected chi connectivity index (χ2v) is 3.85. The first-order valence-corrected chi connectivity index (χ1v) is 5.58. The molecule has 1 aliphatic rings. The van der Waals surface area contributed by atoms with Crippen LogP contribution >= 0.6 is 0 Å². The van der Waals surface area contributed by atoms with Gasteiger partial charge in [-0.15, -0.1) is 0 Å². The van der Waals surface area contributed by atoms with Crippen LogP contribution in [0.1, 0.15) is 46.0 Å². The van der Waals surface area contributed by atoms with Crippen LogP contribution in [0.3, 0.4) is 0 Å². The first-order valence-electron chi connectivity index (χ1n) is 5.58. The first-order chi connectivity index (χ1) is 6.27. The SMILES string of the molecule is CCCCC1OB(C)OC1CCC. The molecule has 1 saturated heterocycles. The van der Waals surface area contributed by atoms with Crippen molar-refractivity contribution in [2.45, 2.75) is 65.0 Å². The van der Waals surface area contributed by atoms with Gasteiger partial charge < -0.3 is 9.31 Å². The molecule has 0 aromatic rings. The lowest BCUT2D eigenvalue weighted by molar-refractivity contribution is 0.136. The maximum atomic E-state index is 5.71. The normalized spacial score (nSPS) is 28.4. The van der Waals surface area contributed by atoms with Crippen molar-refractivity contribution in [1.29, 1.82) is 0 Å². The van der Waals surface area contributed by atoms with E-state index in [1.807, 2.05) is 6.82 Å². The Morgan fingerprint density at radius 2 is 1.62 bits per heavy atom. The minimum absolute atomic E-state index is 0.0124. The van der Waals surface area contributed by atoms with Gasteiger partial charge in [-0.3, -0.25) is 0 Å². The van der Waals surface area contributed by atoms with Crippen LogP contribution < -0.4 is 0 Å². The van der Waals surface area contributed by atoms with E-state index in [0.717, 1.165) is 12.8 Å². The van der Waals surface area contributed by atoms with Crippen LogP contribution in [0, 0.1) is 0 Å². The van der Waals surface area contributed by atoms with Gasteiger partial charge >= 0.3 is 7.12 Å². The first kappa shape index (κ1) is 11.1. The molecule has 0 aliphatic carbocycles. The Balaban J connectivity index is 2.31. The van der Waals surface area contributed by atoms with Gasteiger partial charge in [0.2, 0.25) is 0 Å². The topological polar surface area (TPSA) is 18.5 Å². The Kier molecular flexibility index (Phi) is 4.82. The van der Waals surface area contributed by atoms with E-state index in [4.69, 9.17) is 9.31 Å². The summed E-state index contributed by atoms with van der Waals surface area (Å²) in [5, 5.41) is 0. The fourth-order valence-electron chi connectivity index (χ4n) is 1.90. The van der Waals surface area contributed by atoms with Crippen LogP contribution in [-0.4, -0.2) is 19.3 Å². The molecule has 0 amide bonds. The summed E-state index contributed by atoms with van der Waals surface area (Å²) in [6.07, 6.45) is 6.68. The summed E-state index contributed by atoms with van der Waals surface area (Å²) >= 11 is 0. The second-order valence-electron chi connectivity index (χ2n) is 3.85. The van der Waals surface area contributed by atoms with Gasteiger partial charge in [-0.2, -0.15) is 0 Å². The lowest BCUT2D eigenvalue weighted by atomic mass is 9.97. The minimum atomic E-state index is 0.0124. The van der Waals surface area contributed by atoms with Crippen LogP contribution in [0.5, 0.6) is 0 Å². The predicted octanol–water partition coefficient (Wildman–Crippen LogP) is 2.88. The zero-order chi connectivity index (χ0) is 9.68. The van der Waals surface area contributed by atoms with E-state index < -0.39 is 0 Å². The van der Waals surface area contributed by atoms with Crippen molar-refractivity contribution in [3.05, 3.63) is 0 Å². The monoisotopic (exact) mass is 184 g/mol. The van der Waals surface area contributed by atoms with Gasteiger partial charge in [0.05, 0.1) is 12.2 Å². The minimum Gasteiger partial charge on any atom is -0.406 e. The molecular weight excluding hydrogens is 163 g/mol. The van der Waals surface area contributed by atoms with Crippen molar-refractivity contribution in [1.82, 2.24) is 0 Å². The summed E-state index contributed by atoms with van der Waals surface area (Å²) in [4.78, 5) is 0. The van der Waals surface area contributed by atoms with E-state index in [0.29, 0.717) is 12.2 Å². The Bertz CT molecular complexity index is 141. The van der Waals surface area contributed by atoms with Crippen LogP contribution in [0.25, 0.3) is 0 Å². The molecule has 0 saturated carbocycles. The number of unbranched alkanes of at least 4 members (excludes halogenated alkanes) is 1. The third-order valence-electron chi connectivity index (χ3n) is 2.56. The molecule has 1 fully saturated rings. The zero-order valence-corrected chi connectivity index (χ0v) is 9.08. The third kappa shape index (κ3) is 3.32. The van der Waals surface area contributed by atoms with Gasteiger partial charge in [0.15, 0.2) is 0 Å². The van der Waals surface area contributed by atoms with Crippen molar-refractivity contribution in [3.8, 4) is 0 Å². The number of rotatable bonds is 5. The van der Waals surface area contributed by atoms with E-state index in [1.54, 1.807) is 0 Å². The highest BCUT2D eigenvalue weighted by Crippen LogP contribution is 2.24. The molecule has 0 spiro atoms. The van der Waals surface area contributed by atoms with Crippen LogP contribution in [0.2, 0.25) is 6.82 Å². The average Bonchev–Trinajstić information content (AvgIpc) is 2.44. The molecule has 0 aromatic heterocycles. The molecule has 2 atom stereocenters. The van der Waals surface area contributed by atoms with Gasteiger partial charge in [-0.05, 0) is 19.7 Å². The van der Waals surface area contributed by atoms with Crippen molar-refractivity contribution in [2.75, 3.05) is 0 Å². The molecule has 0 radical (unpaired) electrons. The maximum absolute atomic E-state index is 5.71. The maximum Gasteiger partial charge on any atom is 0.454 e. The van der Waals surface area contributed by atoms with E-state index in [9.17, 15) is 0 Å². The quantitative estimate of drug-likeness (QED) is 0.611. The second kappa shape index (κ2) is 5.66. The molecule has 1 aliphatic heterocycles. The highest BCUT2D eigenvalue weighted by Gasteiger charge is 2.34. The molecule has 1 heterocycles. The van der Waals surface area contributed by atoms with Crippen molar-refractivity contribution < 1.29 is 9.31 Å². The number of hydrogen-bond acceptors (Lipinski definition) is 2. The fourth-order valence-corrected chi connectivity index (χ4v) is 1.90. The molecule has 0 N–H and O–H groups in total. The summed E-state index contributed by atoms with van der Waals surface area (Å²) < 4.78 is 11.4. The van der Waals surface area contributed by atoms with Gasteiger partial charge in [0, 0.05) is 0 Å². The molecule has 1 rings (SSSR count). The smallest absolute Gasteiger partial charge is 0.406 e. The van der Waals surface area contributed by atoms with Crippen molar-refractivity contribution in [2.24, 2.45) is 0 Å². The highest BCUT2D eigenvalue weighted by atomic mass is 16.7. The van der Waals surface area contributed by atoms with Gasteiger partial charge in [0.25, 0.3) is 0 Å². The van der Waals surface area contributed by atoms with E-state index >= 15 is 0 Å². The molecule has 0 aromatic carbocycles. The third-order valence-corrected chi connectivity index (χ3v) is 2.56. The zero-order valence-electron chi connectivity index (χ0n) is 9.08. The fraction of sp³-hybridized carbons (Fsp3) is 1.00. The van der Waals surface area contributed by atoms with Gasteiger partial charge in [0.1, 0.15) is 0 Å². The average molecular weight is 184 g/mol. The molecule has 2 unspecified atom stereocenters. The predicted molar refractivity (Wildman–Crippen MR) is 55.8 cm³/mol. The Hall–Kier alpha value is -0.0151. The van der Waals surface area contributed by atoms with Gasteiger partial charge in [-0.25, -0.2) is 0 Å². The van der Waals surface area contributed by atoms with Crippen LogP contribution in [-0.2, 0) is 9.31 Å². The summed E-state index contributed by atoms with van der Waals surface area (Å²) in [6.45, 7) is 6.41. The van der Waals surface area contributed by atoms with E-state index in [2.05, 4.69) is 13.8 Å². The molecule has 0 bridgehead atoms. The highest BCUT2D eigenvalue weighted by molar-refractivity contribution is 6.43. The summed E-state index contributed by atoms with van der Waals surface area (Å²) in [5.41, 5.74) is 0. The number of hydrogen-bond donors (Lipinski definition) is 0. The Morgan fingerprint density at radius 1 is 1.00 bits per heavy atom. The summed E-state index contributed by atoms with van der Waals surface area (Å²) in [5.74, 6) is 0. The molecule has 76 valence electrons. The van der Waals surface area contributed by atoms with Crippen molar-refractivity contribution in [3.63, 3.8) is 0 Å². The summed E-state index contributed by atoms with van der Waals surface area (Å²) in [7, 11) is 0.0124. The molecule has 13 heavy (non-hydrogen) atoms. The lowest BCUT2D eigenvalue weighted by Gasteiger charge is -2.17. The largest absolute Gasteiger partial charge is 0.454 e. The van der Waals surface area contributed by atoms with Gasteiger partial charge in [-0.1, -0.05) is 33.1 Å². The summed E-state index contributed by atoms with van der Waals surface area (Å²) in [6, 6.07) is 0. The molecule has 3 heteroatoms.